The Morgan fingerprint density at radius 1 is 1.05 bits per heavy atom. The summed E-state index contributed by atoms with van der Waals surface area (Å²) < 4.78 is 0. The van der Waals surface area contributed by atoms with E-state index in [1.165, 1.54) is 25.3 Å². The third-order valence-electron chi connectivity index (χ3n) is 3.94. The molecule has 0 spiro atoms. The summed E-state index contributed by atoms with van der Waals surface area (Å²) in [4.78, 5) is 2.38. The molecular formula is C18H25FeNO+2. The maximum absolute atomic E-state index is 10.1. The van der Waals surface area contributed by atoms with E-state index in [4.69, 9.17) is 0 Å². The Morgan fingerprint density at radius 3 is 2.05 bits per heavy atom. The summed E-state index contributed by atoms with van der Waals surface area (Å²) in [7, 11) is 2.17. The van der Waals surface area contributed by atoms with Gasteiger partial charge in [-0.05, 0) is 91.6 Å². The van der Waals surface area contributed by atoms with Crippen molar-refractivity contribution in [2.24, 2.45) is 0 Å². The van der Waals surface area contributed by atoms with E-state index < -0.39 is 5.60 Å². The average Bonchev–Trinajstić information content (AvgIpc) is 3.11. The molecule has 1 heterocycles. The first-order chi connectivity index (χ1) is 9.50. The molecule has 21 heavy (non-hydrogen) atoms. The van der Waals surface area contributed by atoms with E-state index in [9.17, 15) is 5.11 Å². The number of hydrogen-bond acceptors (Lipinski definition) is 2. The molecule has 3 aliphatic rings. The molecule has 114 valence electrons. The Morgan fingerprint density at radius 2 is 1.62 bits per heavy atom. The van der Waals surface area contributed by atoms with Crippen LogP contribution in [0.2, 0.25) is 0 Å². The fourth-order valence-corrected chi connectivity index (χ4v) is 2.91. The number of likely N-dealkylation sites (tertiary alicyclic amines) is 1. The summed E-state index contributed by atoms with van der Waals surface area (Å²) in [5.74, 6) is 2.39. The summed E-state index contributed by atoms with van der Waals surface area (Å²) >= 11 is 0. The van der Waals surface area contributed by atoms with Crippen molar-refractivity contribution in [3.63, 3.8) is 0 Å². The third kappa shape index (κ3) is 5.53. The number of nitrogens with zero attached hydrogens (tertiary/aromatic N) is 1. The number of aliphatic hydroxyl groups is 1. The van der Waals surface area contributed by atoms with Gasteiger partial charge in [0.05, 0.1) is 5.60 Å². The van der Waals surface area contributed by atoms with Gasteiger partial charge < -0.3 is 10.0 Å². The fraction of sp³-hybridized carbons (Fsp3) is 0.444. The Balaban J connectivity index is 0.000000313. The molecule has 1 N–H and O–H groups in total. The van der Waals surface area contributed by atoms with Gasteiger partial charge >= 0.3 is 17.1 Å². The van der Waals surface area contributed by atoms with Gasteiger partial charge in [-0.25, -0.2) is 0 Å². The molecule has 2 saturated carbocycles. The van der Waals surface area contributed by atoms with Gasteiger partial charge in [-0.1, -0.05) is 0 Å². The number of rotatable bonds is 2. The molecule has 0 aromatic carbocycles. The molecule has 3 fully saturated rings. The molecular weight excluding hydrogens is 302 g/mol. The molecule has 0 aromatic heterocycles. The third-order valence-corrected chi connectivity index (χ3v) is 3.94. The minimum Gasteiger partial charge on any atom is -0.390 e. The van der Waals surface area contributed by atoms with Gasteiger partial charge in [-0.3, -0.25) is 0 Å². The van der Waals surface area contributed by atoms with Gasteiger partial charge in [0.15, 0.2) is 0 Å². The van der Waals surface area contributed by atoms with Gasteiger partial charge in [0, 0.05) is 17.9 Å². The zero-order chi connectivity index (χ0) is 14.6. The smallest absolute Gasteiger partial charge is 0.390 e. The second-order valence-corrected chi connectivity index (χ2v) is 6.05. The van der Waals surface area contributed by atoms with Crippen molar-refractivity contribution in [1.82, 2.24) is 4.90 Å². The minimum absolute atomic E-state index is 0. The van der Waals surface area contributed by atoms with E-state index in [1.54, 1.807) is 0 Å². The second kappa shape index (κ2) is 8.91. The molecule has 1 aliphatic heterocycles. The molecule has 0 amide bonds. The molecule has 2 aliphatic carbocycles. The van der Waals surface area contributed by atoms with Gasteiger partial charge in [-0.2, -0.15) is 0 Å². The quantitative estimate of drug-likeness (QED) is 0.788. The van der Waals surface area contributed by atoms with Crippen molar-refractivity contribution in [3.05, 3.63) is 63.2 Å². The Bertz CT molecular complexity index is 278. The Labute approximate surface area is 142 Å². The average molecular weight is 327 g/mol. The fourth-order valence-electron chi connectivity index (χ4n) is 2.91. The molecule has 2 nitrogen and oxygen atoms in total. The minimum atomic E-state index is -0.720. The van der Waals surface area contributed by atoms with Gasteiger partial charge in [-0.15, -0.1) is 0 Å². The zero-order valence-electron chi connectivity index (χ0n) is 13.1. The Kier molecular flexibility index (Phi) is 8.27. The second-order valence-electron chi connectivity index (χ2n) is 6.05. The van der Waals surface area contributed by atoms with Crippen LogP contribution in [0.5, 0.6) is 0 Å². The first kappa shape index (κ1) is 19.5. The van der Waals surface area contributed by atoms with Crippen LogP contribution in [0.1, 0.15) is 26.7 Å². The van der Waals surface area contributed by atoms with E-state index in [1.807, 2.05) is 52.4 Å². The van der Waals surface area contributed by atoms with Crippen molar-refractivity contribution in [2.75, 3.05) is 13.6 Å². The van der Waals surface area contributed by atoms with Crippen LogP contribution in [0.4, 0.5) is 0 Å². The van der Waals surface area contributed by atoms with Crippen LogP contribution in [0.15, 0.2) is 0 Å². The van der Waals surface area contributed by atoms with Crippen LogP contribution < -0.4 is 0 Å². The van der Waals surface area contributed by atoms with E-state index in [-0.39, 0.29) is 17.1 Å². The summed E-state index contributed by atoms with van der Waals surface area (Å²) in [5.41, 5.74) is -0.720. The predicted molar refractivity (Wildman–Crippen MR) is 82.8 cm³/mol. The van der Waals surface area contributed by atoms with Crippen LogP contribution in [-0.2, 0) is 17.1 Å². The molecule has 3 rings (SSSR count). The van der Waals surface area contributed by atoms with Crippen molar-refractivity contribution in [2.45, 2.75) is 38.3 Å². The molecule has 10 radical (unpaired) electrons. The van der Waals surface area contributed by atoms with E-state index in [2.05, 4.69) is 24.8 Å². The first-order valence-electron chi connectivity index (χ1n) is 7.35. The maximum atomic E-state index is 10.1. The van der Waals surface area contributed by atoms with E-state index in [0.717, 1.165) is 5.92 Å². The summed E-state index contributed by atoms with van der Waals surface area (Å²) in [5, 5.41) is 10.1. The van der Waals surface area contributed by atoms with Crippen molar-refractivity contribution in [3.8, 4) is 0 Å². The maximum Gasteiger partial charge on any atom is 2.00 e. The van der Waals surface area contributed by atoms with Crippen LogP contribution >= 0.6 is 0 Å². The summed E-state index contributed by atoms with van der Waals surface area (Å²) in [6.45, 7) is 4.89. The van der Waals surface area contributed by atoms with Gasteiger partial charge in [0.2, 0.25) is 0 Å². The largest absolute Gasteiger partial charge is 2.00 e. The SMILES string of the molecule is CN1CCC[C@@H]1[C]1[CH][CH][CH][C]1C(C)(C)O.[CH]1[CH][CH][CH][CH]1.[Fe+2]. The monoisotopic (exact) mass is 327 g/mol. The Hall–Kier alpha value is 0.439. The van der Waals surface area contributed by atoms with Crippen LogP contribution in [0.3, 0.4) is 0 Å². The standard InChI is InChI=1S/C13H20NO.C5H5.Fe/c1-13(2,15)11-7-4-6-10(11)12-8-5-9-14(12)3;1-2-4-5-3-1;/h4,6-7,12,15H,5,8-9H2,1-3H3;1-5H;/q;;+2/t12-;;/m1../s1. The van der Waals surface area contributed by atoms with Gasteiger partial charge in [0.25, 0.3) is 0 Å². The molecule has 1 saturated heterocycles. The molecule has 0 bridgehead atoms. The first-order valence-corrected chi connectivity index (χ1v) is 7.35. The van der Waals surface area contributed by atoms with Crippen molar-refractivity contribution in [1.29, 1.82) is 0 Å². The van der Waals surface area contributed by atoms with Crippen molar-refractivity contribution < 1.29 is 22.2 Å². The molecule has 0 aromatic rings. The van der Waals surface area contributed by atoms with Crippen LogP contribution in [0, 0.1) is 63.2 Å². The molecule has 0 unspecified atom stereocenters. The normalized spacial score (nSPS) is 28.3. The topological polar surface area (TPSA) is 23.5 Å². The van der Waals surface area contributed by atoms with E-state index in [0.29, 0.717) is 6.04 Å². The summed E-state index contributed by atoms with van der Waals surface area (Å²) in [6.07, 6.45) is 18.7. The van der Waals surface area contributed by atoms with Crippen LogP contribution in [0.25, 0.3) is 0 Å². The molecule has 1 atom stereocenters. The van der Waals surface area contributed by atoms with Gasteiger partial charge in [0.1, 0.15) is 0 Å². The summed E-state index contributed by atoms with van der Waals surface area (Å²) in [6, 6.07) is 0.501. The van der Waals surface area contributed by atoms with Crippen molar-refractivity contribution >= 4 is 0 Å². The predicted octanol–water partition coefficient (Wildman–Crippen LogP) is 2.65. The number of hydrogen-bond donors (Lipinski definition) is 1. The van der Waals surface area contributed by atoms with Crippen LogP contribution in [-0.4, -0.2) is 35.2 Å². The zero-order valence-corrected chi connectivity index (χ0v) is 14.2. The van der Waals surface area contributed by atoms with E-state index >= 15 is 0 Å². The molecule has 3 heteroatoms.